The van der Waals surface area contributed by atoms with Gasteiger partial charge in [-0.3, -0.25) is 0 Å². The third-order valence-corrected chi connectivity index (χ3v) is 10.4. The van der Waals surface area contributed by atoms with Gasteiger partial charge in [0.1, 0.15) is 0 Å². The average Bonchev–Trinajstić information content (AvgIpc) is 3.35. The second kappa shape index (κ2) is 15.0. The molecule has 268 valence electrons. The van der Waals surface area contributed by atoms with E-state index in [-0.39, 0.29) is 58.8 Å². The molecule has 0 aliphatic carbocycles. The lowest BCUT2D eigenvalue weighted by Gasteiger charge is -2.26. The zero-order valence-electron chi connectivity index (χ0n) is 38.8. The number of fused-ring (bicyclic) bond motifs is 2. The van der Waals surface area contributed by atoms with E-state index in [2.05, 4.69) is 42.5 Å². The van der Waals surface area contributed by atoms with Crippen molar-refractivity contribution in [1.82, 2.24) is 0 Å². The molecule has 10 aromatic rings. The van der Waals surface area contributed by atoms with Crippen molar-refractivity contribution >= 4 is 38.6 Å². The maximum absolute atomic E-state index is 9.70. The van der Waals surface area contributed by atoms with Crippen molar-refractivity contribution in [2.45, 2.75) is 0 Å². The van der Waals surface area contributed by atoms with Gasteiger partial charge < -0.3 is 4.90 Å². The molecule has 0 saturated carbocycles. The molecule has 10 aromatic carbocycles. The normalized spacial score (nSPS) is 13.1. The number of hydrogen-bond acceptors (Lipinski definition) is 1. The first kappa shape index (κ1) is 26.3. The van der Waals surface area contributed by atoms with E-state index < -0.39 is 12.1 Å². The van der Waals surface area contributed by atoms with Gasteiger partial charge in [0, 0.05) is 17.1 Å². The van der Waals surface area contributed by atoms with Crippen LogP contribution in [0.4, 0.5) is 17.1 Å². The summed E-state index contributed by atoms with van der Waals surface area (Å²) in [6, 6.07) is 57.4. The first-order chi connectivity index (χ1) is 31.6. The lowest BCUT2D eigenvalue weighted by Crippen LogP contribution is -2.09. The number of benzene rings is 10. The van der Waals surface area contributed by atoms with Crippen molar-refractivity contribution in [3.63, 3.8) is 0 Å². The Hall–Kier alpha value is -7.48. The van der Waals surface area contributed by atoms with Gasteiger partial charge in [-0.25, -0.2) is 0 Å². The summed E-state index contributed by atoms with van der Waals surface area (Å²) in [6.45, 7) is 0. The second-order valence-electron chi connectivity index (χ2n) is 13.9. The standard InChI is InChI=1S/C56H39N/c1-3-12-40(13-4-1)42-24-31-51(32-25-42)57(52-33-26-43(27-34-52)48-19-11-20-49(38-48)50-23-22-41-14-7-8-18-47(41)39-50)53-35-28-45(29-36-53)55-37-30-44-15-9-10-21-54(44)56(55)46-16-5-2-6-17-46/h1-39H/i24D,25D,28D,29D,31D,32D,35D,36D. The monoisotopic (exact) mass is 733 g/mol. The first-order valence-corrected chi connectivity index (χ1v) is 18.9. The molecule has 1 nitrogen and oxygen atoms in total. The molecule has 0 heterocycles. The van der Waals surface area contributed by atoms with Gasteiger partial charge in [0.05, 0.1) is 11.0 Å². The Morgan fingerprint density at radius 3 is 1.47 bits per heavy atom. The Morgan fingerprint density at radius 1 is 0.281 bits per heavy atom. The number of anilines is 3. The summed E-state index contributed by atoms with van der Waals surface area (Å²) in [7, 11) is 0. The van der Waals surface area contributed by atoms with E-state index in [9.17, 15) is 11.0 Å². The predicted octanol–water partition coefficient (Wildman–Crippen LogP) is 15.8. The number of rotatable bonds is 8. The van der Waals surface area contributed by atoms with Crippen LogP contribution in [0.25, 0.3) is 77.2 Å². The first-order valence-electron chi connectivity index (χ1n) is 22.9. The van der Waals surface area contributed by atoms with Crippen LogP contribution in [0.1, 0.15) is 11.0 Å². The quantitative estimate of drug-likeness (QED) is 0.150. The van der Waals surface area contributed by atoms with Crippen LogP contribution in [-0.4, -0.2) is 0 Å². The van der Waals surface area contributed by atoms with Gasteiger partial charge in [0.2, 0.25) is 0 Å². The van der Waals surface area contributed by atoms with E-state index in [4.69, 9.17) is 0 Å². The summed E-state index contributed by atoms with van der Waals surface area (Å²) in [5, 5.41) is 4.15. The lowest BCUT2D eigenvalue weighted by atomic mass is 9.90. The molecule has 0 aliphatic rings. The van der Waals surface area contributed by atoms with Crippen LogP contribution in [0.5, 0.6) is 0 Å². The van der Waals surface area contributed by atoms with Crippen molar-refractivity contribution in [1.29, 1.82) is 0 Å². The Kier molecular flexibility index (Phi) is 6.92. The fourth-order valence-electron chi connectivity index (χ4n) is 7.54. The molecule has 0 aliphatic heterocycles. The summed E-state index contributed by atoms with van der Waals surface area (Å²) >= 11 is 0. The zero-order valence-corrected chi connectivity index (χ0v) is 30.8. The largest absolute Gasteiger partial charge is 0.311 e. The van der Waals surface area contributed by atoms with E-state index >= 15 is 0 Å². The fraction of sp³-hybridized carbons (Fsp3) is 0. The van der Waals surface area contributed by atoms with E-state index in [1.165, 1.54) is 4.90 Å². The molecule has 0 amide bonds. The summed E-state index contributed by atoms with van der Waals surface area (Å²) in [5.41, 5.74) is 6.70. The molecule has 0 atom stereocenters. The van der Waals surface area contributed by atoms with Gasteiger partial charge in [-0.15, -0.1) is 0 Å². The van der Waals surface area contributed by atoms with Gasteiger partial charge in [0.25, 0.3) is 0 Å². The van der Waals surface area contributed by atoms with Crippen LogP contribution in [0.15, 0.2) is 236 Å². The summed E-state index contributed by atoms with van der Waals surface area (Å²) in [5.74, 6) is 0. The lowest BCUT2D eigenvalue weighted by molar-refractivity contribution is 1.28. The van der Waals surface area contributed by atoms with Crippen LogP contribution in [0.3, 0.4) is 0 Å². The summed E-state index contributed by atoms with van der Waals surface area (Å²) in [6.07, 6.45) is 0. The molecule has 57 heavy (non-hydrogen) atoms. The summed E-state index contributed by atoms with van der Waals surface area (Å²) in [4.78, 5) is 1.35. The maximum Gasteiger partial charge on any atom is 0.0645 e. The van der Waals surface area contributed by atoms with Crippen molar-refractivity contribution < 1.29 is 11.0 Å². The van der Waals surface area contributed by atoms with Crippen LogP contribution in [0, 0.1) is 0 Å². The third-order valence-electron chi connectivity index (χ3n) is 10.4. The smallest absolute Gasteiger partial charge is 0.0645 e. The van der Waals surface area contributed by atoms with Crippen molar-refractivity contribution in [3.05, 3.63) is 236 Å². The highest BCUT2D eigenvalue weighted by Crippen LogP contribution is 2.41. The van der Waals surface area contributed by atoms with Crippen molar-refractivity contribution in [2.24, 2.45) is 0 Å². The highest BCUT2D eigenvalue weighted by molar-refractivity contribution is 6.04. The SMILES string of the molecule is [2H]c1c([2H])c(N(c2ccc(-c3cccc(-c4ccc5ccccc5c4)c3)cc2)c2c([2H])c([2H])c(-c3ccc4ccccc4c3-c3ccccc3)c([2H])c2[2H])c([2H])c([2H])c1-c1ccccc1. The molecule has 1 heteroatoms. The van der Waals surface area contributed by atoms with Gasteiger partial charge >= 0.3 is 0 Å². The minimum atomic E-state index is -0.399. The van der Waals surface area contributed by atoms with Gasteiger partial charge in [-0.05, 0) is 126 Å². The molecule has 0 N–H and O–H groups in total. The number of nitrogens with zero attached hydrogens (tertiary/aromatic N) is 1. The predicted molar refractivity (Wildman–Crippen MR) is 243 cm³/mol. The maximum atomic E-state index is 9.70. The fourth-order valence-corrected chi connectivity index (χ4v) is 7.54. The van der Waals surface area contributed by atoms with Crippen LogP contribution in [-0.2, 0) is 0 Å². The molecule has 0 aromatic heterocycles. The van der Waals surface area contributed by atoms with E-state index in [1.54, 1.807) is 36.4 Å². The van der Waals surface area contributed by atoms with Gasteiger partial charge in [0.15, 0.2) is 0 Å². The molecule has 0 bridgehead atoms. The minimum absolute atomic E-state index is 0.105. The second-order valence-corrected chi connectivity index (χ2v) is 13.9. The molecule has 0 unspecified atom stereocenters. The molecular weight excluding hydrogens is 687 g/mol. The van der Waals surface area contributed by atoms with Gasteiger partial charge in [-0.1, -0.05) is 188 Å². The van der Waals surface area contributed by atoms with Crippen LogP contribution < -0.4 is 4.90 Å². The van der Waals surface area contributed by atoms with E-state index in [0.717, 1.165) is 54.9 Å². The Labute approximate surface area is 345 Å². The highest BCUT2D eigenvalue weighted by atomic mass is 15.1. The van der Waals surface area contributed by atoms with Crippen LogP contribution in [0.2, 0.25) is 0 Å². The molecule has 0 saturated heterocycles. The molecule has 0 spiro atoms. The summed E-state index contributed by atoms with van der Waals surface area (Å²) < 4.78 is 76.1. The Balaban J connectivity index is 1.16. The molecular formula is C56H39N. The van der Waals surface area contributed by atoms with Crippen molar-refractivity contribution in [2.75, 3.05) is 4.90 Å². The Morgan fingerprint density at radius 2 is 0.772 bits per heavy atom. The molecule has 0 radical (unpaired) electrons. The Bertz CT molecular complexity index is 3400. The third kappa shape index (κ3) is 6.77. The zero-order chi connectivity index (χ0) is 44.9. The average molecular weight is 734 g/mol. The highest BCUT2D eigenvalue weighted by Gasteiger charge is 2.16. The van der Waals surface area contributed by atoms with Crippen LogP contribution >= 0.6 is 0 Å². The number of hydrogen-bond donors (Lipinski definition) is 0. The van der Waals surface area contributed by atoms with Gasteiger partial charge in [-0.2, -0.15) is 0 Å². The topological polar surface area (TPSA) is 3.24 Å². The minimum Gasteiger partial charge on any atom is -0.311 e. The van der Waals surface area contributed by atoms with E-state index in [0.29, 0.717) is 16.8 Å². The molecule has 0 fully saturated rings. The van der Waals surface area contributed by atoms with Crippen molar-refractivity contribution in [3.8, 4) is 55.6 Å². The van der Waals surface area contributed by atoms with E-state index in [1.807, 2.05) is 109 Å². The molecule has 10 rings (SSSR count).